The molecule has 2 N–H and O–H groups in total. The van der Waals surface area contributed by atoms with Gasteiger partial charge in [-0.25, -0.2) is 0 Å². The number of hydrogen-bond acceptors (Lipinski definition) is 3. The maximum Gasteiger partial charge on any atom is 0.491 e. The molecule has 1 aromatic carbocycles. The topological polar surface area (TPSA) is 49.7 Å². The third-order valence-electron chi connectivity index (χ3n) is 4.06. The van der Waals surface area contributed by atoms with Crippen LogP contribution in [-0.2, 0) is 4.65 Å². The summed E-state index contributed by atoms with van der Waals surface area (Å²) in [6.45, 7) is 11.9. The number of phenols is 1. The Balaban J connectivity index is 2.25. The maximum atomic E-state index is 10.2. The summed E-state index contributed by atoms with van der Waals surface area (Å²) in [5.74, 6) is 0.601. The number of hydrogen-bond donors (Lipinski definition) is 2. The van der Waals surface area contributed by atoms with Crippen LogP contribution in [-0.4, -0.2) is 17.2 Å². The first-order valence-corrected chi connectivity index (χ1v) is 7.34. The number of benzene rings is 1. The van der Waals surface area contributed by atoms with Crippen molar-refractivity contribution in [2.75, 3.05) is 0 Å². The maximum absolute atomic E-state index is 10.2. The minimum Gasteiger partial charge on any atom is -0.507 e. The molecule has 21 heavy (non-hydrogen) atoms. The monoisotopic (exact) mass is 286 g/mol. The molecule has 0 saturated heterocycles. The third-order valence-corrected chi connectivity index (χ3v) is 4.06. The lowest BCUT2D eigenvalue weighted by Crippen LogP contribution is -2.29. The average molecular weight is 286 g/mol. The molecule has 1 heterocycles. The highest BCUT2D eigenvalue weighted by atomic mass is 16.5. The fraction of sp³-hybridized carbons (Fsp3) is 0.412. The van der Waals surface area contributed by atoms with Gasteiger partial charge in [-0.2, -0.15) is 0 Å². The summed E-state index contributed by atoms with van der Waals surface area (Å²) < 4.78 is 5.75. The molecule has 1 aliphatic heterocycles. The molecule has 1 atom stereocenters. The molecule has 2 rings (SSSR count). The molecule has 1 aromatic rings. The molecule has 0 spiro atoms. The van der Waals surface area contributed by atoms with Crippen LogP contribution >= 0.6 is 0 Å². The molecule has 0 radical (unpaired) electrons. The van der Waals surface area contributed by atoms with Crippen LogP contribution in [0.2, 0.25) is 0 Å². The first-order valence-electron chi connectivity index (χ1n) is 7.34. The molecule has 0 bridgehead atoms. The van der Waals surface area contributed by atoms with Gasteiger partial charge in [-0.15, -0.1) is 0 Å². The van der Waals surface area contributed by atoms with Crippen LogP contribution in [0, 0.1) is 19.8 Å². The van der Waals surface area contributed by atoms with Crippen molar-refractivity contribution in [1.29, 1.82) is 0 Å². The highest BCUT2D eigenvalue weighted by molar-refractivity contribution is 6.54. The summed E-state index contributed by atoms with van der Waals surface area (Å²) in [5.41, 5.74) is 4.33. The average Bonchev–Trinajstić information content (AvgIpc) is 2.43. The number of allylic oxidation sites excluding steroid dienone is 2. The Hall–Kier alpha value is -1.52. The molecule has 0 saturated carbocycles. The normalized spacial score (nSPS) is 18.9. The number of phenolic OH excluding ortho intramolecular Hbond substituents is 1. The number of aryl methyl sites for hydroxylation is 2. The van der Waals surface area contributed by atoms with Gasteiger partial charge in [-0.3, -0.25) is 0 Å². The standard InChI is InChI=1S/C17H23BO3/c1-10(2)13(5)15-6-7-16(21-18(15)20)14-8-11(3)17(19)12(4)9-14/h6,8-10,16,19-20H,5,7H2,1-4H3. The predicted molar refractivity (Wildman–Crippen MR) is 86.1 cm³/mol. The van der Waals surface area contributed by atoms with E-state index in [1.54, 1.807) is 0 Å². The van der Waals surface area contributed by atoms with Gasteiger partial charge >= 0.3 is 7.12 Å². The lowest BCUT2D eigenvalue weighted by Gasteiger charge is -2.28. The number of rotatable bonds is 3. The Morgan fingerprint density at radius 2 is 1.90 bits per heavy atom. The summed E-state index contributed by atoms with van der Waals surface area (Å²) >= 11 is 0. The van der Waals surface area contributed by atoms with Crippen LogP contribution in [0.5, 0.6) is 5.75 Å². The van der Waals surface area contributed by atoms with E-state index in [9.17, 15) is 10.1 Å². The first kappa shape index (κ1) is 15.9. The van der Waals surface area contributed by atoms with Crippen molar-refractivity contribution in [3.63, 3.8) is 0 Å². The fourth-order valence-electron chi connectivity index (χ4n) is 2.63. The second kappa shape index (κ2) is 6.08. The summed E-state index contributed by atoms with van der Waals surface area (Å²) in [5, 5.41) is 20.1. The summed E-state index contributed by atoms with van der Waals surface area (Å²) in [7, 11) is -0.937. The zero-order valence-corrected chi connectivity index (χ0v) is 13.2. The Labute approximate surface area is 127 Å². The minimum atomic E-state index is -0.937. The van der Waals surface area contributed by atoms with Gasteiger partial charge in [0.25, 0.3) is 0 Å². The Morgan fingerprint density at radius 3 is 2.38 bits per heavy atom. The molecule has 3 nitrogen and oxygen atoms in total. The predicted octanol–water partition coefficient (Wildman–Crippen LogP) is 3.63. The van der Waals surface area contributed by atoms with Crippen molar-refractivity contribution in [3.05, 3.63) is 52.5 Å². The lowest BCUT2D eigenvalue weighted by atomic mass is 9.69. The summed E-state index contributed by atoms with van der Waals surface area (Å²) in [6.07, 6.45) is 2.52. The minimum absolute atomic E-state index is 0.193. The highest BCUT2D eigenvalue weighted by Gasteiger charge is 2.31. The van der Waals surface area contributed by atoms with E-state index in [0.717, 1.165) is 27.7 Å². The van der Waals surface area contributed by atoms with Crippen molar-refractivity contribution in [1.82, 2.24) is 0 Å². The van der Waals surface area contributed by atoms with E-state index in [4.69, 9.17) is 4.65 Å². The van der Waals surface area contributed by atoms with Gasteiger partial charge in [-0.05, 0) is 60.5 Å². The van der Waals surface area contributed by atoms with Gasteiger partial charge < -0.3 is 14.8 Å². The number of aromatic hydroxyl groups is 1. The van der Waals surface area contributed by atoms with Crippen LogP contribution in [0.4, 0.5) is 0 Å². The van der Waals surface area contributed by atoms with Crippen LogP contribution in [0.3, 0.4) is 0 Å². The lowest BCUT2D eigenvalue weighted by molar-refractivity contribution is 0.168. The van der Waals surface area contributed by atoms with Gasteiger partial charge in [0.1, 0.15) is 5.75 Å². The van der Waals surface area contributed by atoms with Crippen molar-refractivity contribution in [2.24, 2.45) is 5.92 Å². The molecule has 0 amide bonds. The first-order chi connectivity index (χ1) is 9.81. The second-order valence-electron chi connectivity index (χ2n) is 6.06. The van der Waals surface area contributed by atoms with E-state index < -0.39 is 7.12 Å². The zero-order chi connectivity index (χ0) is 15.7. The van der Waals surface area contributed by atoms with Crippen molar-refractivity contribution in [2.45, 2.75) is 40.2 Å². The van der Waals surface area contributed by atoms with E-state index in [-0.39, 0.29) is 12.0 Å². The Morgan fingerprint density at radius 1 is 1.33 bits per heavy atom. The van der Waals surface area contributed by atoms with Gasteiger partial charge in [0.2, 0.25) is 0 Å². The van der Waals surface area contributed by atoms with Crippen molar-refractivity contribution in [3.8, 4) is 5.75 Å². The molecule has 1 aliphatic rings. The fourth-order valence-corrected chi connectivity index (χ4v) is 2.63. The zero-order valence-electron chi connectivity index (χ0n) is 13.2. The molecule has 0 fully saturated rings. The van der Waals surface area contributed by atoms with Crippen molar-refractivity contribution < 1.29 is 14.8 Å². The molecular weight excluding hydrogens is 263 g/mol. The van der Waals surface area contributed by atoms with Crippen LogP contribution < -0.4 is 0 Å². The molecule has 1 unspecified atom stereocenters. The van der Waals surface area contributed by atoms with Gasteiger partial charge in [-0.1, -0.05) is 32.1 Å². The SMILES string of the molecule is C=C(C1=CCC(c2cc(C)c(O)c(C)c2)OB1O)C(C)C. The van der Waals surface area contributed by atoms with E-state index in [0.29, 0.717) is 12.2 Å². The third kappa shape index (κ3) is 3.22. The van der Waals surface area contributed by atoms with Crippen LogP contribution in [0.15, 0.2) is 35.8 Å². The quantitative estimate of drug-likeness (QED) is 0.834. The molecule has 112 valence electrons. The van der Waals surface area contributed by atoms with E-state index >= 15 is 0 Å². The summed E-state index contributed by atoms with van der Waals surface area (Å²) in [6, 6.07) is 3.83. The van der Waals surface area contributed by atoms with E-state index in [1.807, 2.05) is 32.1 Å². The van der Waals surface area contributed by atoms with Gasteiger partial charge in [0.15, 0.2) is 0 Å². The van der Waals surface area contributed by atoms with Crippen LogP contribution in [0.1, 0.15) is 43.1 Å². The van der Waals surface area contributed by atoms with E-state index in [1.165, 1.54) is 0 Å². The van der Waals surface area contributed by atoms with E-state index in [2.05, 4.69) is 20.4 Å². The van der Waals surface area contributed by atoms with Gasteiger partial charge in [0, 0.05) is 0 Å². The smallest absolute Gasteiger partial charge is 0.491 e. The van der Waals surface area contributed by atoms with Crippen molar-refractivity contribution >= 4 is 7.12 Å². The molecular formula is C17H23BO3. The molecule has 0 aromatic heterocycles. The highest BCUT2D eigenvalue weighted by Crippen LogP contribution is 2.35. The van der Waals surface area contributed by atoms with Gasteiger partial charge in [0.05, 0.1) is 6.10 Å². The summed E-state index contributed by atoms with van der Waals surface area (Å²) in [4.78, 5) is 0. The largest absolute Gasteiger partial charge is 0.507 e. The molecule has 4 heteroatoms. The Kier molecular flexibility index (Phi) is 4.59. The Bertz CT molecular complexity index is 567. The van der Waals surface area contributed by atoms with Crippen LogP contribution in [0.25, 0.3) is 0 Å². The molecule has 0 aliphatic carbocycles. The second-order valence-corrected chi connectivity index (χ2v) is 6.06.